The molecule has 2 N–H and O–H groups in total. The lowest BCUT2D eigenvalue weighted by Gasteiger charge is -2.29. The Kier molecular flexibility index (Phi) is 11.0. The van der Waals surface area contributed by atoms with Crippen molar-refractivity contribution in [3.8, 4) is 11.5 Å². The van der Waals surface area contributed by atoms with Crippen LogP contribution in [-0.4, -0.2) is 38.9 Å². The Morgan fingerprint density at radius 3 is 1.79 bits per heavy atom. The van der Waals surface area contributed by atoms with Crippen molar-refractivity contribution in [1.82, 2.24) is 10.6 Å². The first-order valence-corrected chi connectivity index (χ1v) is 13.1. The van der Waals surface area contributed by atoms with Gasteiger partial charge in [-0.05, 0) is 102 Å². The lowest BCUT2D eigenvalue weighted by atomic mass is 9.77. The van der Waals surface area contributed by atoms with Gasteiger partial charge in [0.2, 0.25) is 0 Å². The van der Waals surface area contributed by atoms with Crippen LogP contribution in [0.3, 0.4) is 0 Å². The normalized spacial score (nSPS) is 13.6. The van der Waals surface area contributed by atoms with Gasteiger partial charge in [-0.15, -0.1) is 0 Å². The monoisotopic (exact) mass is 508 g/mol. The lowest BCUT2D eigenvalue weighted by molar-refractivity contribution is 0.207. The van der Waals surface area contributed by atoms with Gasteiger partial charge in [0.05, 0.1) is 22.3 Å². The molecule has 2 atom stereocenters. The van der Waals surface area contributed by atoms with Crippen LogP contribution >= 0.6 is 23.2 Å². The van der Waals surface area contributed by atoms with Crippen molar-refractivity contribution in [2.24, 2.45) is 0 Å². The molecule has 0 heterocycles. The molecule has 0 amide bonds. The molecule has 0 fully saturated rings. The van der Waals surface area contributed by atoms with Gasteiger partial charge in [-0.3, -0.25) is 0 Å². The summed E-state index contributed by atoms with van der Waals surface area (Å²) in [4.78, 5) is 0. The first-order chi connectivity index (χ1) is 16.0. The minimum absolute atomic E-state index is 0.0132. The van der Waals surface area contributed by atoms with Gasteiger partial charge < -0.3 is 20.1 Å². The lowest BCUT2D eigenvalue weighted by Crippen LogP contribution is -2.23. The maximum atomic E-state index is 6.65. The van der Waals surface area contributed by atoms with E-state index in [2.05, 4.69) is 64.3 Å². The number of hydrogen-bond donors (Lipinski definition) is 2. The van der Waals surface area contributed by atoms with E-state index >= 15 is 0 Å². The van der Waals surface area contributed by atoms with E-state index in [0.717, 1.165) is 54.9 Å². The van der Waals surface area contributed by atoms with Crippen LogP contribution in [0.25, 0.3) is 0 Å². The van der Waals surface area contributed by atoms with Crippen LogP contribution in [0.2, 0.25) is 10.0 Å². The number of rotatable bonds is 13. The molecule has 0 bridgehead atoms. The molecule has 6 heteroatoms. The Morgan fingerprint density at radius 1 is 0.824 bits per heavy atom. The van der Waals surface area contributed by atoms with E-state index < -0.39 is 0 Å². The fourth-order valence-corrected chi connectivity index (χ4v) is 4.62. The summed E-state index contributed by atoms with van der Waals surface area (Å²) < 4.78 is 12.4. The Hall–Kier alpha value is -1.46. The van der Waals surface area contributed by atoms with Crippen molar-refractivity contribution in [2.75, 3.05) is 26.7 Å². The molecular formula is C28H42Cl2N2O2. The Morgan fingerprint density at radius 2 is 1.29 bits per heavy atom. The molecule has 0 aliphatic carbocycles. The molecule has 2 aromatic rings. The minimum atomic E-state index is -0.297. The van der Waals surface area contributed by atoms with Gasteiger partial charge in [-0.1, -0.05) is 56.1 Å². The molecule has 0 radical (unpaired) electrons. The Bertz CT molecular complexity index is 900. The van der Waals surface area contributed by atoms with Crippen LogP contribution in [-0.2, 0) is 5.41 Å². The summed E-state index contributed by atoms with van der Waals surface area (Å²) >= 11 is 13.3. The second-order valence-electron chi connectivity index (χ2n) is 9.72. The summed E-state index contributed by atoms with van der Waals surface area (Å²) in [5.41, 5.74) is 4.21. The average Bonchev–Trinajstić information content (AvgIpc) is 2.77. The second-order valence-corrected chi connectivity index (χ2v) is 10.5. The van der Waals surface area contributed by atoms with E-state index in [-0.39, 0.29) is 17.6 Å². The number of aryl methyl sites for hydroxylation is 2. The largest absolute Gasteiger partial charge is 0.490 e. The maximum Gasteiger partial charge on any atom is 0.156 e. The third-order valence-corrected chi connectivity index (χ3v) is 6.88. The first kappa shape index (κ1) is 28.8. The summed E-state index contributed by atoms with van der Waals surface area (Å²) in [5, 5.41) is 7.57. The molecule has 0 saturated heterocycles. The molecule has 0 aliphatic rings. The molecule has 4 nitrogen and oxygen atoms in total. The number of nitrogens with one attached hydrogen (secondary N) is 2. The minimum Gasteiger partial charge on any atom is -0.490 e. The van der Waals surface area contributed by atoms with Crippen LogP contribution < -0.4 is 20.1 Å². The van der Waals surface area contributed by atoms with Gasteiger partial charge in [0.25, 0.3) is 0 Å². The van der Waals surface area contributed by atoms with E-state index in [1.54, 1.807) is 0 Å². The zero-order valence-electron chi connectivity index (χ0n) is 22.1. The van der Waals surface area contributed by atoms with Gasteiger partial charge in [-0.25, -0.2) is 0 Å². The summed E-state index contributed by atoms with van der Waals surface area (Å²) in [6, 6.07) is 8.38. The van der Waals surface area contributed by atoms with E-state index in [1.165, 1.54) is 5.56 Å². The standard InChI is InChI=1S/C28H42Cl2N2O2/c1-9-32-13-11-21(5)33-26-18(2)14-22(15-19(26)3)28(6,7)23-16-24(29)27(25(30)17-23)34-20(4)10-12-31-8/h14-17,20-21,31-32H,9-13H2,1-8H3. The maximum absolute atomic E-state index is 6.65. The predicted molar refractivity (Wildman–Crippen MR) is 146 cm³/mol. The molecule has 2 rings (SSSR count). The highest BCUT2D eigenvalue weighted by Gasteiger charge is 2.27. The molecule has 0 aromatic heterocycles. The van der Waals surface area contributed by atoms with E-state index in [1.807, 2.05) is 26.1 Å². The van der Waals surface area contributed by atoms with Crippen molar-refractivity contribution >= 4 is 23.2 Å². The summed E-state index contributed by atoms with van der Waals surface area (Å²) in [5.74, 6) is 1.52. The smallest absolute Gasteiger partial charge is 0.156 e. The van der Waals surface area contributed by atoms with Crippen molar-refractivity contribution < 1.29 is 9.47 Å². The summed E-state index contributed by atoms with van der Waals surface area (Å²) in [7, 11) is 1.93. The van der Waals surface area contributed by atoms with Crippen LogP contribution in [0.1, 0.15) is 69.7 Å². The van der Waals surface area contributed by atoms with Crippen molar-refractivity contribution in [3.05, 3.63) is 56.6 Å². The number of halogens is 2. The SMILES string of the molecule is CCNCCC(C)Oc1c(C)cc(C(C)(C)c2cc(Cl)c(OC(C)CCNC)c(Cl)c2)cc1C. The van der Waals surface area contributed by atoms with Gasteiger partial charge >= 0.3 is 0 Å². The molecule has 0 aliphatic heterocycles. The molecule has 2 aromatic carbocycles. The van der Waals surface area contributed by atoms with Crippen molar-refractivity contribution in [3.63, 3.8) is 0 Å². The van der Waals surface area contributed by atoms with Gasteiger partial charge in [0, 0.05) is 5.41 Å². The zero-order valence-corrected chi connectivity index (χ0v) is 23.6. The summed E-state index contributed by atoms with van der Waals surface area (Å²) in [6.07, 6.45) is 2.01. The fraction of sp³-hybridized carbons (Fsp3) is 0.571. The number of benzene rings is 2. The number of ether oxygens (including phenoxy) is 2. The molecule has 0 saturated carbocycles. The van der Waals surface area contributed by atoms with Crippen LogP contribution in [0, 0.1) is 13.8 Å². The van der Waals surface area contributed by atoms with E-state index in [0.29, 0.717) is 15.8 Å². The third kappa shape index (κ3) is 7.52. The predicted octanol–water partition coefficient (Wildman–Crippen LogP) is 7.08. The summed E-state index contributed by atoms with van der Waals surface area (Å²) in [6.45, 7) is 17.7. The zero-order chi connectivity index (χ0) is 25.5. The highest BCUT2D eigenvalue weighted by molar-refractivity contribution is 6.37. The van der Waals surface area contributed by atoms with Crippen molar-refractivity contribution in [2.45, 2.75) is 78.9 Å². The van der Waals surface area contributed by atoms with E-state index in [4.69, 9.17) is 32.7 Å². The Balaban J connectivity index is 2.28. The van der Waals surface area contributed by atoms with Crippen LogP contribution in [0.5, 0.6) is 11.5 Å². The van der Waals surface area contributed by atoms with Crippen molar-refractivity contribution in [1.29, 1.82) is 0 Å². The Labute approximate surface area is 216 Å². The van der Waals surface area contributed by atoms with Gasteiger partial charge in [0.1, 0.15) is 5.75 Å². The van der Waals surface area contributed by atoms with Gasteiger partial charge in [-0.2, -0.15) is 0 Å². The third-order valence-electron chi connectivity index (χ3n) is 6.32. The molecule has 0 spiro atoms. The second kappa shape index (κ2) is 13.0. The topological polar surface area (TPSA) is 42.5 Å². The van der Waals surface area contributed by atoms with Crippen LogP contribution in [0.15, 0.2) is 24.3 Å². The highest BCUT2D eigenvalue weighted by Crippen LogP contribution is 2.42. The molecule has 34 heavy (non-hydrogen) atoms. The average molecular weight is 510 g/mol. The van der Waals surface area contributed by atoms with E-state index in [9.17, 15) is 0 Å². The quantitative estimate of drug-likeness (QED) is 0.283. The molecule has 2 unspecified atom stereocenters. The molecule has 190 valence electrons. The first-order valence-electron chi connectivity index (χ1n) is 12.3. The fourth-order valence-electron chi connectivity index (χ4n) is 4.05. The van der Waals surface area contributed by atoms with Crippen LogP contribution in [0.4, 0.5) is 0 Å². The molecular weight excluding hydrogens is 467 g/mol. The highest BCUT2D eigenvalue weighted by atomic mass is 35.5. The number of hydrogen-bond acceptors (Lipinski definition) is 4. The van der Waals surface area contributed by atoms with Gasteiger partial charge in [0.15, 0.2) is 5.75 Å².